The molecule has 21 heavy (non-hydrogen) atoms. The highest BCUT2D eigenvalue weighted by Crippen LogP contribution is 2.26. The molecule has 2 N–H and O–H groups in total. The Bertz CT molecular complexity index is 685. The standard InChI is InChI=1S/C12H10N4O4S/c1-20-12(18)14-8-5-3-2-4-7(8)10(17)15-11-13-6-9(16-19)21-11/h2-6H,1H3,(H,14,18)(H,13,15,17). The van der Waals surface area contributed by atoms with Gasteiger partial charge in [-0.2, -0.15) is 0 Å². The van der Waals surface area contributed by atoms with Crippen molar-refractivity contribution in [3.63, 3.8) is 0 Å². The van der Waals surface area contributed by atoms with Gasteiger partial charge in [-0.15, -0.1) is 4.91 Å². The van der Waals surface area contributed by atoms with Crippen LogP contribution < -0.4 is 10.6 Å². The molecule has 8 nitrogen and oxygen atoms in total. The summed E-state index contributed by atoms with van der Waals surface area (Å²) in [5.74, 6) is -0.478. The number of amides is 2. The molecule has 1 aromatic heterocycles. The van der Waals surface area contributed by atoms with Crippen LogP contribution in [0.4, 0.5) is 20.6 Å². The smallest absolute Gasteiger partial charge is 0.411 e. The summed E-state index contributed by atoms with van der Waals surface area (Å²) in [6, 6.07) is 6.41. The third-order valence-electron chi connectivity index (χ3n) is 2.40. The number of rotatable bonds is 4. The second-order valence-electron chi connectivity index (χ2n) is 3.71. The van der Waals surface area contributed by atoms with E-state index in [1.807, 2.05) is 0 Å². The highest BCUT2D eigenvalue weighted by atomic mass is 32.1. The Labute approximate surface area is 123 Å². The first-order valence-electron chi connectivity index (χ1n) is 5.68. The van der Waals surface area contributed by atoms with Gasteiger partial charge in [0, 0.05) is 0 Å². The number of nitrogens with zero attached hydrogens (tertiary/aromatic N) is 2. The van der Waals surface area contributed by atoms with Crippen molar-refractivity contribution in [2.45, 2.75) is 0 Å². The zero-order chi connectivity index (χ0) is 15.2. The van der Waals surface area contributed by atoms with Crippen molar-refractivity contribution >= 4 is 39.2 Å². The molecule has 0 unspecified atom stereocenters. The number of para-hydroxylation sites is 1. The van der Waals surface area contributed by atoms with Crippen LogP contribution in [0.25, 0.3) is 0 Å². The van der Waals surface area contributed by atoms with Crippen LogP contribution in [0.15, 0.2) is 35.6 Å². The van der Waals surface area contributed by atoms with Crippen LogP contribution in [0.3, 0.4) is 0 Å². The Kier molecular flexibility index (Phi) is 4.57. The molecule has 1 aromatic carbocycles. The summed E-state index contributed by atoms with van der Waals surface area (Å²) in [6.45, 7) is 0. The summed E-state index contributed by atoms with van der Waals surface area (Å²) in [5, 5.41) is 8.08. The maximum absolute atomic E-state index is 12.2. The van der Waals surface area contributed by atoms with Crippen molar-refractivity contribution in [3.8, 4) is 0 Å². The number of aromatic nitrogens is 1. The van der Waals surface area contributed by atoms with E-state index >= 15 is 0 Å². The summed E-state index contributed by atoms with van der Waals surface area (Å²) in [4.78, 5) is 37.6. The van der Waals surface area contributed by atoms with E-state index < -0.39 is 12.0 Å². The van der Waals surface area contributed by atoms with E-state index in [0.717, 1.165) is 11.3 Å². The molecule has 0 aliphatic carbocycles. The van der Waals surface area contributed by atoms with Gasteiger partial charge in [-0.25, -0.2) is 9.78 Å². The lowest BCUT2D eigenvalue weighted by atomic mass is 10.1. The predicted molar refractivity (Wildman–Crippen MR) is 78.0 cm³/mol. The fourth-order valence-electron chi connectivity index (χ4n) is 1.48. The van der Waals surface area contributed by atoms with E-state index in [4.69, 9.17) is 0 Å². The van der Waals surface area contributed by atoms with E-state index in [1.165, 1.54) is 19.4 Å². The number of anilines is 2. The van der Waals surface area contributed by atoms with Crippen LogP contribution >= 0.6 is 11.3 Å². The fraction of sp³-hybridized carbons (Fsp3) is 0.0833. The van der Waals surface area contributed by atoms with Gasteiger partial charge in [0.05, 0.1) is 24.6 Å². The fourth-order valence-corrected chi connectivity index (χ4v) is 2.07. The van der Waals surface area contributed by atoms with Crippen LogP contribution in [-0.4, -0.2) is 24.1 Å². The number of thiazole rings is 1. The van der Waals surface area contributed by atoms with E-state index in [2.05, 4.69) is 25.5 Å². The van der Waals surface area contributed by atoms with Gasteiger partial charge in [-0.1, -0.05) is 23.5 Å². The zero-order valence-electron chi connectivity index (χ0n) is 10.8. The molecule has 0 atom stereocenters. The molecular formula is C12H10N4O4S. The number of carbonyl (C=O) groups excluding carboxylic acids is 2. The molecule has 0 aliphatic heterocycles. The number of nitroso groups, excluding NO2 is 1. The highest BCUT2D eigenvalue weighted by molar-refractivity contribution is 7.19. The maximum atomic E-state index is 12.2. The molecule has 0 fully saturated rings. The van der Waals surface area contributed by atoms with Crippen LogP contribution in [-0.2, 0) is 4.74 Å². The van der Waals surface area contributed by atoms with Gasteiger partial charge in [0.1, 0.15) is 0 Å². The van der Waals surface area contributed by atoms with Gasteiger partial charge in [-0.3, -0.25) is 15.4 Å². The Morgan fingerprint density at radius 3 is 2.71 bits per heavy atom. The number of nitrogens with one attached hydrogen (secondary N) is 2. The summed E-state index contributed by atoms with van der Waals surface area (Å²) < 4.78 is 4.49. The minimum atomic E-state index is -0.683. The second kappa shape index (κ2) is 6.57. The molecule has 1 heterocycles. The van der Waals surface area contributed by atoms with Gasteiger partial charge in [-0.05, 0) is 17.3 Å². The van der Waals surface area contributed by atoms with E-state index in [0.29, 0.717) is 5.69 Å². The lowest BCUT2D eigenvalue weighted by Gasteiger charge is -2.09. The minimum Gasteiger partial charge on any atom is -0.453 e. The Morgan fingerprint density at radius 2 is 2.05 bits per heavy atom. The molecule has 2 amide bonds. The summed E-state index contributed by atoms with van der Waals surface area (Å²) >= 11 is 0.946. The number of hydrogen-bond donors (Lipinski definition) is 2. The molecule has 9 heteroatoms. The quantitative estimate of drug-likeness (QED) is 0.844. The minimum absolute atomic E-state index is 0.159. The number of benzene rings is 1. The Balaban J connectivity index is 2.18. The lowest BCUT2D eigenvalue weighted by Crippen LogP contribution is -2.17. The summed E-state index contributed by atoms with van der Waals surface area (Å²) in [7, 11) is 1.22. The predicted octanol–water partition coefficient (Wildman–Crippen LogP) is 2.97. The van der Waals surface area contributed by atoms with E-state index in [1.54, 1.807) is 18.2 Å². The molecular weight excluding hydrogens is 296 g/mol. The first-order chi connectivity index (χ1) is 10.1. The molecule has 0 saturated carbocycles. The van der Waals surface area contributed by atoms with E-state index in [9.17, 15) is 14.5 Å². The number of methoxy groups -OCH3 is 1. The molecule has 108 valence electrons. The third-order valence-corrected chi connectivity index (χ3v) is 3.19. The van der Waals surface area contributed by atoms with Crippen molar-refractivity contribution < 1.29 is 14.3 Å². The van der Waals surface area contributed by atoms with Crippen LogP contribution in [0.1, 0.15) is 10.4 Å². The maximum Gasteiger partial charge on any atom is 0.411 e. The number of hydrogen-bond acceptors (Lipinski definition) is 7. The topological polar surface area (TPSA) is 110 Å². The first-order valence-corrected chi connectivity index (χ1v) is 6.50. The molecule has 0 saturated heterocycles. The van der Waals surface area contributed by atoms with Gasteiger partial charge < -0.3 is 4.74 Å². The van der Waals surface area contributed by atoms with Crippen LogP contribution in [0, 0.1) is 4.91 Å². The normalized spacial score (nSPS) is 9.76. The molecule has 2 aromatic rings. The Morgan fingerprint density at radius 1 is 1.29 bits per heavy atom. The summed E-state index contributed by atoms with van der Waals surface area (Å²) in [6.07, 6.45) is 0.572. The van der Waals surface area contributed by atoms with Crippen LogP contribution in [0.5, 0.6) is 0 Å². The average Bonchev–Trinajstić information content (AvgIpc) is 2.95. The second-order valence-corrected chi connectivity index (χ2v) is 4.72. The van der Waals surface area contributed by atoms with Crippen molar-refractivity contribution in [1.82, 2.24) is 4.98 Å². The van der Waals surface area contributed by atoms with Gasteiger partial charge in [0.15, 0.2) is 10.1 Å². The molecule has 0 radical (unpaired) electrons. The SMILES string of the molecule is COC(=O)Nc1ccccc1C(=O)Nc1ncc(N=O)s1. The van der Waals surface area contributed by atoms with Crippen molar-refractivity contribution in [3.05, 3.63) is 40.9 Å². The zero-order valence-corrected chi connectivity index (χ0v) is 11.6. The lowest BCUT2D eigenvalue weighted by molar-refractivity contribution is 0.102. The van der Waals surface area contributed by atoms with Crippen molar-refractivity contribution in [2.75, 3.05) is 17.7 Å². The highest BCUT2D eigenvalue weighted by Gasteiger charge is 2.14. The average molecular weight is 306 g/mol. The molecule has 0 bridgehead atoms. The Hall–Kier alpha value is -2.81. The van der Waals surface area contributed by atoms with Crippen LogP contribution in [0.2, 0.25) is 0 Å². The third kappa shape index (κ3) is 3.60. The van der Waals surface area contributed by atoms with Crippen molar-refractivity contribution in [1.29, 1.82) is 0 Å². The molecule has 0 aliphatic rings. The van der Waals surface area contributed by atoms with Gasteiger partial charge in [0.2, 0.25) is 0 Å². The van der Waals surface area contributed by atoms with E-state index in [-0.39, 0.29) is 15.7 Å². The molecule has 0 spiro atoms. The largest absolute Gasteiger partial charge is 0.453 e. The number of carbonyl (C=O) groups is 2. The van der Waals surface area contributed by atoms with Gasteiger partial charge in [0.25, 0.3) is 5.91 Å². The van der Waals surface area contributed by atoms with Crippen molar-refractivity contribution in [2.24, 2.45) is 5.18 Å². The molecule has 2 rings (SSSR count). The monoisotopic (exact) mass is 306 g/mol. The van der Waals surface area contributed by atoms with Gasteiger partial charge >= 0.3 is 6.09 Å². The number of ether oxygens (including phenoxy) is 1. The first kappa shape index (κ1) is 14.6. The summed E-state index contributed by atoms with van der Waals surface area (Å²) in [5.41, 5.74) is 0.533.